The van der Waals surface area contributed by atoms with Gasteiger partial charge in [0.25, 0.3) is 0 Å². The van der Waals surface area contributed by atoms with Crippen LogP contribution in [0.3, 0.4) is 0 Å². The highest BCUT2D eigenvalue weighted by Gasteiger charge is 2.12. The van der Waals surface area contributed by atoms with Gasteiger partial charge in [0.1, 0.15) is 0 Å². The fourth-order valence-corrected chi connectivity index (χ4v) is 1.84. The van der Waals surface area contributed by atoms with Gasteiger partial charge in [-0.25, -0.2) is 4.79 Å². The van der Waals surface area contributed by atoms with E-state index in [9.17, 15) is 4.79 Å². The zero-order chi connectivity index (χ0) is 11.5. The predicted molar refractivity (Wildman–Crippen MR) is 64.3 cm³/mol. The molecule has 0 aliphatic heterocycles. The smallest absolute Gasteiger partial charge is 0.337 e. The molecule has 0 aliphatic rings. The fraction of sp³-hybridized carbons (Fsp3) is 0. The first-order chi connectivity index (χ1) is 7.68. The van der Waals surface area contributed by atoms with E-state index < -0.39 is 5.97 Å². The fourth-order valence-electron chi connectivity index (χ4n) is 1.44. The summed E-state index contributed by atoms with van der Waals surface area (Å²) in [5, 5.41) is 9.04. The zero-order valence-electron chi connectivity index (χ0n) is 8.22. The van der Waals surface area contributed by atoms with E-state index in [0.717, 1.165) is 10.0 Å². The van der Waals surface area contributed by atoms with E-state index in [1.807, 2.05) is 24.3 Å². The molecule has 0 saturated carbocycles. The molecule has 0 fully saturated rings. The highest BCUT2D eigenvalue weighted by molar-refractivity contribution is 9.10. The van der Waals surface area contributed by atoms with Gasteiger partial charge in [0, 0.05) is 16.2 Å². The predicted octanol–water partition coefficient (Wildman–Crippen LogP) is 3.21. The van der Waals surface area contributed by atoms with Gasteiger partial charge in [-0.15, -0.1) is 0 Å². The minimum Gasteiger partial charge on any atom is -0.478 e. The molecule has 0 atom stereocenters. The molecule has 2 rings (SSSR count). The maximum absolute atomic E-state index is 11.0. The molecular weight excluding hydrogens is 270 g/mol. The highest BCUT2D eigenvalue weighted by Crippen LogP contribution is 2.24. The summed E-state index contributed by atoms with van der Waals surface area (Å²) in [5.41, 5.74) is 1.48. The molecule has 0 spiro atoms. The maximum atomic E-state index is 11.0. The van der Waals surface area contributed by atoms with E-state index in [-0.39, 0.29) is 5.56 Å². The summed E-state index contributed by atoms with van der Waals surface area (Å²) in [6.45, 7) is 0. The molecule has 2 aromatic rings. The van der Waals surface area contributed by atoms with Crippen molar-refractivity contribution in [3.8, 4) is 11.3 Å². The van der Waals surface area contributed by atoms with E-state index in [4.69, 9.17) is 5.11 Å². The van der Waals surface area contributed by atoms with Crippen LogP contribution in [0.4, 0.5) is 0 Å². The molecule has 1 heterocycles. The highest BCUT2D eigenvalue weighted by atomic mass is 79.9. The molecule has 80 valence electrons. The van der Waals surface area contributed by atoms with Crippen LogP contribution in [-0.4, -0.2) is 16.1 Å². The number of carbonyl (C=O) groups is 1. The van der Waals surface area contributed by atoms with Crippen LogP contribution in [0.1, 0.15) is 10.4 Å². The number of halogens is 1. The van der Waals surface area contributed by atoms with Gasteiger partial charge in [0.05, 0.1) is 11.3 Å². The Balaban J connectivity index is 2.60. The third-order valence-electron chi connectivity index (χ3n) is 2.14. The van der Waals surface area contributed by atoms with Gasteiger partial charge in [0.2, 0.25) is 0 Å². The Labute approximate surface area is 101 Å². The third kappa shape index (κ3) is 2.12. The van der Waals surface area contributed by atoms with Gasteiger partial charge in [-0.05, 0) is 24.3 Å². The van der Waals surface area contributed by atoms with Crippen LogP contribution in [0.25, 0.3) is 11.3 Å². The molecule has 0 amide bonds. The maximum Gasteiger partial charge on any atom is 0.337 e. The molecule has 1 N–H and O–H groups in total. The van der Waals surface area contributed by atoms with E-state index in [1.54, 1.807) is 18.3 Å². The number of rotatable bonds is 2. The Hall–Kier alpha value is -1.68. The van der Waals surface area contributed by atoms with E-state index in [0.29, 0.717) is 5.69 Å². The summed E-state index contributed by atoms with van der Waals surface area (Å²) in [7, 11) is 0. The average Bonchev–Trinajstić information content (AvgIpc) is 2.29. The number of carboxylic acid groups (broad SMARTS) is 1. The molecule has 0 bridgehead atoms. The molecular formula is C12H8BrNO2. The lowest BCUT2D eigenvalue weighted by atomic mass is 10.1. The largest absolute Gasteiger partial charge is 0.478 e. The first kappa shape index (κ1) is 10.8. The lowest BCUT2D eigenvalue weighted by molar-refractivity contribution is 0.0697. The molecule has 0 unspecified atom stereocenters. The summed E-state index contributed by atoms with van der Waals surface area (Å²) in [4.78, 5) is 15.1. The number of hydrogen-bond donors (Lipinski definition) is 1. The monoisotopic (exact) mass is 277 g/mol. The first-order valence-electron chi connectivity index (χ1n) is 4.63. The summed E-state index contributed by atoms with van der Waals surface area (Å²) >= 11 is 3.35. The van der Waals surface area contributed by atoms with Crippen molar-refractivity contribution in [1.82, 2.24) is 4.98 Å². The number of aromatic nitrogens is 1. The van der Waals surface area contributed by atoms with Crippen LogP contribution in [0.15, 0.2) is 47.1 Å². The van der Waals surface area contributed by atoms with Gasteiger partial charge in [-0.3, -0.25) is 4.98 Å². The number of benzene rings is 1. The van der Waals surface area contributed by atoms with Crippen molar-refractivity contribution in [1.29, 1.82) is 0 Å². The quantitative estimate of drug-likeness (QED) is 0.917. The molecule has 3 nitrogen and oxygen atoms in total. The second kappa shape index (κ2) is 4.45. The second-order valence-electron chi connectivity index (χ2n) is 3.22. The number of pyridine rings is 1. The number of hydrogen-bond acceptors (Lipinski definition) is 2. The average molecular weight is 278 g/mol. The molecule has 1 aromatic heterocycles. The van der Waals surface area contributed by atoms with Crippen molar-refractivity contribution >= 4 is 21.9 Å². The van der Waals surface area contributed by atoms with Gasteiger partial charge in [0.15, 0.2) is 0 Å². The summed E-state index contributed by atoms with van der Waals surface area (Å²) < 4.78 is 0.895. The molecule has 0 saturated heterocycles. The normalized spacial score (nSPS) is 10.1. The molecule has 0 radical (unpaired) electrons. The summed E-state index contributed by atoms with van der Waals surface area (Å²) in [5.74, 6) is -0.969. The Morgan fingerprint density at radius 3 is 2.75 bits per heavy atom. The first-order valence-corrected chi connectivity index (χ1v) is 5.42. The van der Waals surface area contributed by atoms with Gasteiger partial charge < -0.3 is 5.11 Å². The van der Waals surface area contributed by atoms with Crippen LogP contribution in [0.5, 0.6) is 0 Å². The van der Waals surface area contributed by atoms with E-state index in [1.165, 1.54) is 0 Å². The van der Waals surface area contributed by atoms with Crippen LogP contribution in [-0.2, 0) is 0 Å². The number of carboxylic acids is 1. The standard InChI is InChI=1S/C12H8BrNO2/c13-9-4-1-3-8(7-9)11-10(12(15)16)5-2-6-14-11/h1-7H,(H,15,16). The number of nitrogens with zero attached hydrogens (tertiary/aromatic N) is 1. The van der Waals surface area contributed by atoms with E-state index >= 15 is 0 Å². The Morgan fingerprint density at radius 2 is 2.06 bits per heavy atom. The van der Waals surface area contributed by atoms with Crippen LogP contribution in [0, 0.1) is 0 Å². The van der Waals surface area contributed by atoms with Gasteiger partial charge in [-0.2, -0.15) is 0 Å². The minimum atomic E-state index is -0.969. The zero-order valence-corrected chi connectivity index (χ0v) is 9.81. The minimum absolute atomic E-state index is 0.209. The van der Waals surface area contributed by atoms with Crippen molar-refractivity contribution in [3.63, 3.8) is 0 Å². The lowest BCUT2D eigenvalue weighted by Crippen LogP contribution is -2.00. The Morgan fingerprint density at radius 1 is 1.25 bits per heavy atom. The third-order valence-corrected chi connectivity index (χ3v) is 2.63. The Kier molecular flexibility index (Phi) is 3.01. The second-order valence-corrected chi connectivity index (χ2v) is 4.13. The van der Waals surface area contributed by atoms with Crippen LogP contribution >= 0.6 is 15.9 Å². The Bertz CT molecular complexity index is 540. The molecule has 16 heavy (non-hydrogen) atoms. The molecule has 4 heteroatoms. The van der Waals surface area contributed by atoms with Crippen LogP contribution in [0.2, 0.25) is 0 Å². The summed E-state index contributed by atoms with van der Waals surface area (Å²) in [6, 6.07) is 10.6. The van der Waals surface area contributed by atoms with Crippen molar-refractivity contribution in [3.05, 3.63) is 52.6 Å². The van der Waals surface area contributed by atoms with Crippen molar-refractivity contribution in [2.45, 2.75) is 0 Å². The topological polar surface area (TPSA) is 50.2 Å². The van der Waals surface area contributed by atoms with E-state index in [2.05, 4.69) is 20.9 Å². The van der Waals surface area contributed by atoms with Crippen LogP contribution < -0.4 is 0 Å². The van der Waals surface area contributed by atoms with Gasteiger partial charge >= 0.3 is 5.97 Å². The number of aromatic carboxylic acids is 1. The molecule has 0 aliphatic carbocycles. The van der Waals surface area contributed by atoms with Crippen molar-refractivity contribution in [2.24, 2.45) is 0 Å². The molecule has 1 aromatic carbocycles. The summed E-state index contributed by atoms with van der Waals surface area (Å²) in [6.07, 6.45) is 1.59. The SMILES string of the molecule is O=C(O)c1cccnc1-c1cccc(Br)c1. The van der Waals surface area contributed by atoms with Crippen molar-refractivity contribution < 1.29 is 9.90 Å². The van der Waals surface area contributed by atoms with Crippen molar-refractivity contribution in [2.75, 3.05) is 0 Å². The van der Waals surface area contributed by atoms with Gasteiger partial charge in [-0.1, -0.05) is 28.1 Å². The lowest BCUT2D eigenvalue weighted by Gasteiger charge is -2.04.